The Morgan fingerprint density at radius 3 is 2.68 bits per heavy atom. The molecule has 2 heterocycles. The van der Waals surface area contributed by atoms with Crippen LogP contribution in [0.5, 0.6) is 0 Å². The molecule has 1 fully saturated rings. The summed E-state index contributed by atoms with van der Waals surface area (Å²) >= 11 is 7.85. The van der Waals surface area contributed by atoms with Crippen LogP contribution in [0.1, 0.15) is 6.92 Å². The van der Waals surface area contributed by atoms with Crippen molar-refractivity contribution in [2.75, 3.05) is 18.0 Å². The van der Waals surface area contributed by atoms with Crippen LogP contribution in [0.3, 0.4) is 0 Å². The van der Waals surface area contributed by atoms with E-state index in [9.17, 15) is 9.59 Å². The number of anilines is 1. The van der Waals surface area contributed by atoms with Crippen molar-refractivity contribution in [3.05, 3.63) is 34.2 Å². The standard InChI is InChI=1S/C14H12N2O3S3/c1-2-15-8-5-3-4-6-9(8)21-13(15)11-12(19)16(7-10(17)18)14(20)22-11/h3-6H,2,7H2,1H3,(H,17,18)/b13-11-. The molecule has 2 aliphatic heterocycles. The number of thioether (sulfide) groups is 2. The van der Waals surface area contributed by atoms with Crippen LogP contribution in [0.15, 0.2) is 39.1 Å². The second kappa shape index (κ2) is 5.94. The van der Waals surface area contributed by atoms with Gasteiger partial charge in [0.15, 0.2) is 0 Å². The summed E-state index contributed by atoms with van der Waals surface area (Å²) < 4.78 is 0.294. The molecule has 0 bridgehead atoms. The number of aliphatic carboxylic acids is 1. The molecule has 5 nitrogen and oxygen atoms in total. The number of carbonyl (C=O) groups is 2. The summed E-state index contributed by atoms with van der Waals surface area (Å²) in [5.41, 5.74) is 1.06. The highest BCUT2D eigenvalue weighted by atomic mass is 32.2. The highest BCUT2D eigenvalue weighted by molar-refractivity contribution is 8.27. The van der Waals surface area contributed by atoms with E-state index in [4.69, 9.17) is 17.3 Å². The quantitative estimate of drug-likeness (QED) is 0.663. The zero-order valence-corrected chi connectivity index (χ0v) is 14.1. The van der Waals surface area contributed by atoms with Gasteiger partial charge in [-0.15, -0.1) is 0 Å². The molecule has 114 valence electrons. The average Bonchev–Trinajstić information content (AvgIpc) is 2.98. The van der Waals surface area contributed by atoms with Crippen molar-refractivity contribution in [1.82, 2.24) is 4.90 Å². The topological polar surface area (TPSA) is 60.9 Å². The van der Waals surface area contributed by atoms with Crippen LogP contribution in [-0.2, 0) is 9.59 Å². The average molecular weight is 352 g/mol. The van der Waals surface area contributed by atoms with Gasteiger partial charge in [-0.2, -0.15) is 0 Å². The monoisotopic (exact) mass is 352 g/mol. The number of fused-ring (bicyclic) bond motifs is 1. The Balaban J connectivity index is 2.00. The van der Waals surface area contributed by atoms with Gasteiger partial charge in [0.2, 0.25) is 0 Å². The molecule has 0 atom stereocenters. The van der Waals surface area contributed by atoms with E-state index in [1.165, 1.54) is 23.5 Å². The highest BCUT2D eigenvalue weighted by Crippen LogP contribution is 2.50. The summed E-state index contributed by atoms with van der Waals surface area (Å²) in [5.74, 6) is -1.40. The zero-order chi connectivity index (χ0) is 15.9. The molecule has 3 rings (SSSR count). The molecule has 0 unspecified atom stereocenters. The second-order valence-electron chi connectivity index (χ2n) is 4.60. The molecule has 2 aliphatic rings. The van der Waals surface area contributed by atoms with E-state index >= 15 is 0 Å². The number of benzene rings is 1. The smallest absolute Gasteiger partial charge is 0.323 e. The Hall–Kier alpha value is -1.51. The third kappa shape index (κ3) is 2.51. The van der Waals surface area contributed by atoms with E-state index in [2.05, 4.69) is 4.90 Å². The number of carboxylic acids is 1. The van der Waals surface area contributed by atoms with Gasteiger partial charge in [-0.05, 0) is 19.1 Å². The zero-order valence-electron chi connectivity index (χ0n) is 11.6. The first-order valence-corrected chi connectivity index (χ1v) is 8.61. The minimum absolute atomic E-state index is 0.294. The van der Waals surface area contributed by atoms with Gasteiger partial charge < -0.3 is 10.0 Å². The van der Waals surface area contributed by atoms with E-state index in [-0.39, 0.29) is 5.91 Å². The molecule has 0 aliphatic carbocycles. The third-order valence-electron chi connectivity index (χ3n) is 3.26. The number of rotatable bonds is 3. The number of para-hydroxylation sites is 1. The largest absolute Gasteiger partial charge is 0.480 e. The lowest BCUT2D eigenvalue weighted by atomic mass is 10.3. The number of carboxylic acid groups (broad SMARTS) is 1. The maximum atomic E-state index is 12.5. The van der Waals surface area contributed by atoms with E-state index in [0.717, 1.165) is 27.1 Å². The molecule has 1 N–H and O–H groups in total. The van der Waals surface area contributed by atoms with Crippen molar-refractivity contribution < 1.29 is 14.7 Å². The first kappa shape index (κ1) is 15.4. The van der Waals surface area contributed by atoms with Crippen LogP contribution in [0.4, 0.5) is 5.69 Å². The summed E-state index contributed by atoms with van der Waals surface area (Å²) in [6.07, 6.45) is 0. The van der Waals surface area contributed by atoms with Crippen LogP contribution in [-0.4, -0.2) is 39.3 Å². The van der Waals surface area contributed by atoms with Crippen molar-refractivity contribution in [2.45, 2.75) is 11.8 Å². The number of hydrogen-bond acceptors (Lipinski definition) is 6. The fourth-order valence-corrected chi connectivity index (χ4v) is 4.95. The number of nitrogens with zero attached hydrogens (tertiary/aromatic N) is 2. The van der Waals surface area contributed by atoms with Crippen LogP contribution >= 0.6 is 35.7 Å². The van der Waals surface area contributed by atoms with E-state index < -0.39 is 12.5 Å². The van der Waals surface area contributed by atoms with Crippen LogP contribution in [0, 0.1) is 0 Å². The summed E-state index contributed by atoms with van der Waals surface area (Å²) in [4.78, 5) is 28.2. The molecule has 0 radical (unpaired) electrons. The SMILES string of the molecule is CCN1/C(=C2/SC(=S)N(CC(=O)O)C2=O)Sc2ccccc21. The van der Waals surface area contributed by atoms with Gasteiger partial charge in [-0.25, -0.2) is 0 Å². The molecule has 1 aromatic carbocycles. The van der Waals surface area contributed by atoms with E-state index in [1.54, 1.807) is 0 Å². The maximum absolute atomic E-state index is 12.5. The minimum Gasteiger partial charge on any atom is -0.480 e. The number of thiocarbonyl (C=S) groups is 1. The Morgan fingerprint density at radius 1 is 1.27 bits per heavy atom. The van der Waals surface area contributed by atoms with Gasteiger partial charge in [-0.1, -0.05) is 47.9 Å². The molecule has 1 amide bonds. The molecule has 0 saturated carbocycles. The summed E-state index contributed by atoms with van der Waals surface area (Å²) in [7, 11) is 0. The van der Waals surface area contributed by atoms with Gasteiger partial charge >= 0.3 is 5.97 Å². The summed E-state index contributed by atoms with van der Waals surface area (Å²) in [6, 6.07) is 7.93. The van der Waals surface area contributed by atoms with Gasteiger partial charge in [-0.3, -0.25) is 14.5 Å². The normalized spacial score (nSPS) is 20.8. The fraction of sp³-hybridized carbons (Fsp3) is 0.214. The van der Waals surface area contributed by atoms with Crippen LogP contribution in [0.2, 0.25) is 0 Å². The van der Waals surface area contributed by atoms with Crippen molar-refractivity contribution >= 4 is 57.6 Å². The maximum Gasteiger partial charge on any atom is 0.323 e. The molecule has 8 heteroatoms. The summed E-state index contributed by atoms with van der Waals surface area (Å²) in [5, 5.41) is 9.73. The van der Waals surface area contributed by atoms with Gasteiger partial charge in [0, 0.05) is 11.4 Å². The van der Waals surface area contributed by atoms with Crippen molar-refractivity contribution in [1.29, 1.82) is 0 Å². The lowest BCUT2D eigenvalue weighted by molar-refractivity contribution is -0.140. The van der Waals surface area contributed by atoms with Crippen LogP contribution < -0.4 is 4.90 Å². The Labute approximate surface area is 141 Å². The Kier molecular flexibility index (Phi) is 4.16. The predicted octanol–water partition coefficient (Wildman–Crippen LogP) is 2.73. The van der Waals surface area contributed by atoms with Crippen molar-refractivity contribution in [2.24, 2.45) is 0 Å². The molecule has 22 heavy (non-hydrogen) atoms. The lowest BCUT2D eigenvalue weighted by Crippen LogP contribution is -2.33. The number of carbonyl (C=O) groups excluding carboxylic acids is 1. The Morgan fingerprint density at radius 2 is 2.00 bits per heavy atom. The van der Waals surface area contributed by atoms with Gasteiger partial charge in [0.1, 0.15) is 20.8 Å². The fourth-order valence-electron chi connectivity index (χ4n) is 2.32. The first-order chi connectivity index (χ1) is 10.5. The minimum atomic E-state index is -1.07. The lowest BCUT2D eigenvalue weighted by Gasteiger charge is -2.19. The molecule has 0 aromatic heterocycles. The van der Waals surface area contributed by atoms with Crippen molar-refractivity contribution in [3.63, 3.8) is 0 Å². The van der Waals surface area contributed by atoms with E-state index in [0.29, 0.717) is 9.23 Å². The Bertz CT molecular complexity index is 717. The van der Waals surface area contributed by atoms with Crippen molar-refractivity contribution in [3.8, 4) is 0 Å². The molecular weight excluding hydrogens is 340 g/mol. The summed E-state index contributed by atoms with van der Waals surface area (Å²) in [6.45, 7) is 2.34. The van der Waals surface area contributed by atoms with Gasteiger partial charge in [0.05, 0.1) is 5.69 Å². The number of amides is 1. The first-order valence-electron chi connectivity index (χ1n) is 6.57. The highest BCUT2D eigenvalue weighted by Gasteiger charge is 2.39. The molecular formula is C14H12N2O3S3. The van der Waals surface area contributed by atoms with E-state index in [1.807, 2.05) is 31.2 Å². The molecule has 1 aromatic rings. The second-order valence-corrected chi connectivity index (χ2v) is 7.28. The third-order valence-corrected chi connectivity index (χ3v) is 6.01. The van der Waals surface area contributed by atoms with Gasteiger partial charge in [0.25, 0.3) is 5.91 Å². The number of hydrogen-bond donors (Lipinski definition) is 1. The van der Waals surface area contributed by atoms with Crippen LogP contribution in [0.25, 0.3) is 0 Å². The molecule has 0 spiro atoms. The predicted molar refractivity (Wildman–Crippen MR) is 91.9 cm³/mol. The molecule has 1 saturated heterocycles.